The van der Waals surface area contributed by atoms with Crippen LogP contribution in [0, 0.1) is 5.82 Å². The van der Waals surface area contributed by atoms with Gasteiger partial charge in [-0.15, -0.1) is 0 Å². The van der Waals surface area contributed by atoms with E-state index in [2.05, 4.69) is 11.0 Å². The molecule has 3 nitrogen and oxygen atoms in total. The number of para-hydroxylation sites is 1. The topological polar surface area (TPSA) is 38.5 Å². The van der Waals surface area contributed by atoms with Gasteiger partial charge < -0.3 is 15.4 Å². The van der Waals surface area contributed by atoms with Crippen LogP contribution in [0.3, 0.4) is 0 Å². The van der Waals surface area contributed by atoms with Gasteiger partial charge in [-0.25, -0.2) is 4.39 Å². The summed E-state index contributed by atoms with van der Waals surface area (Å²) < 4.78 is 19.3. The Kier molecular flexibility index (Phi) is 3.80. The molecule has 3 rings (SSSR count). The summed E-state index contributed by atoms with van der Waals surface area (Å²) in [6.07, 6.45) is 0. The Morgan fingerprint density at radius 3 is 2.86 bits per heavy atom. The van der Waals surface area contributed by atoms with E-state index in [0.29, 0.717) is 6.61 Å². The lowest BCUT2D eigenvalue weighted by molar-refractivity contribution is 0.331. The smallest absolute Gasteiger partial charge is 0.124 e. The highest BCUT2D eigenvalue weighted by Crippen LogP contribution is 2.30. The fourth-order valence-electron chi connectivity index (χ4n) is 2.71. The van der Waals surface area contributed by atoms with Crippen LogP contribution in [0.1, 0.15) is 24.1 Å². The summed E-state index contributed by atoms with van der Waals surface area (Å²) >= 11 is 0. The van der Waals surface area contributed by atoms with Crippen molar-refractivity contribution in [2.45, 2.75) is 19.5 Å². The maximum absolute atomic E-state index is 13.5. The van der Waals surface area contributed by atoms with Gasteiger partial charge in [0.15, 0.2) is 0 Å². The molecule has 2 aromatic carbocycles. The van der Waals surface area contributed by atoms with E-state index >= 15 is 0 Å². The predicted octanol–water partition coefficient (Wildman–Crippen LogP) is 3.24. The van der Waals surface area contributed by atoms with Crippen molar-refractivity contribution in [1.82, 2.24) is 0 Å². The van der Waals surface area contributed by atoms with Crippen LogP contribution in [-0.4, -0.2) is 13.2 Å². The van der Waals surface area contributed by atoms with Crippen molar-refractivity contribution in [2.75, 3.05) is 18.1 Å². The Morgan fingerprint density at radius 2 is 2.05 bits per heavy atom. The van der Waals surface area contributed by atoms with Crippen molar-refractivity contribution in [2.24, 2.45) is 5.73 Å². The largest absolute Gasteiger partial charge is 0.491 e. The van der Waals surface area contributed by atoms with Gasteiger partial charge in [0.2, 0.25) is 0 Å². The third-order valence-corrected chi connectivity index (χ3v) is 3.77. The van der Waals surface area contributed by atoms with Crippen molar-refractivity contribution in [3.63, 3.8) is 0 Å². The maximum Gasteiger partial charge on any atom is 0.124 e. The number of benzene rings is 2. The van der Waals surface area contributed by atoms with E-state index in [4.69, 9.17) is 10.5 Å². The molecule has 0 aromatic heterocycles. The molecular weight excluding hydrogens is 267 g/mol. The molecule has 0 radical (unpaired) electrons. The molecule has 110 valence electrons. The highest BCUT2D eigenvalue weighted by molar-refractivity contribution is 5.56. The molecule has 1 aliphatic heterocycles. The second kappa shape index (κ2) is 5.74. The van der Waals surface area contributed by atoms with Crippen LogP contribution in [0.5, 0.6) is 5.75 Å². The van der Waals surface area contributed by atoms with Gasteiger partial charge in [0.1, 0.15) is 18.2 Å². The Hall–Kier alpha value is -2.07. The second-order valence-corrected chi connectivity index (χ2v) is 5.37. The zero-order chi connectivity index (χ0) is 14.8. The fraction of sp³-hybridized carbons (Fsp3) is 0.294. The first kappa shape index (κ1) is 13.9. The number of fused-ring (bicyclic) bond motifs is 1. The van der Waals surface area contributed by atoms with Gasteiger partial charge in [-0.1, -0.05) is 18.2 Å². The van der Waals surface area contributed by atoms with Crippen molar-refractivity contribution in [3.8, 4) is 5.75 Å². The molecule has 0 bridgehead atoms. The van der Waals surface area contributed by atoms with E-state index in [1.54, 1.807) is 0 Å². The molecule has 4 heteroatoms. The first-order valence-corrected chi connectivity index (χ1v) is 7.16. The van der Waals surface area contributed by atoms with Gasteiger partial charge in [-0.3, -0.25) is 0 Å². The average Bonchev–Trinajstić information content (AvgIpc) is 2.69. The standard InChI is InChI=1S/C17H19FN2O/c1-12(19)15-10-14(18)6-7-16(15)20-8-9-21-17-5-3-2-4-13(17)11-20/h2-7,10,12H,8-9,11,19H2,1H3/t12-/m0/s1. The SMILES string of the molecule is C[C@H](N)c1cc(F)ccc1N1CCOc2ccccc2C1. The van der Waals surface area contributed by atoms with Crippen LogP contribution < -0.4 is 15.4 Å². The molecule has 0 aliphatic carbocycles. The Labute approximate surface area is 124 Å². The number of nitrogens with two attached hydrogens (primary N) is 1. The molecule has 1 atom stereocenters. The van der Waals surface area contributed by atoms with E-state index in [1.165, 1.54) is 12.1 Å². The Bertz CT molecular complexity index is 642. The van der Waals surface area contributed by atoms with Gasteiger partial charge in [0, 0.05) is 23.8 Å². The molecule has 0 spiro atoms. The molecule has 0 saturated heterocycles. The lowest BCUT2D eigenvalue weighted by Gasteiger charge is -2.26. The number of ether oxygens (including phenoxy) is 1. The van der Waals surface area contributed by atoms with Gasteiger partial charge in [0.25, 0.3) is 0 Å². The van der Waals surface area contributed by atoms with Crippen LogP contribution in [0.2, 0.25) is 0 Å². The summed E-state index contributed by atoms with van der Waals surface area (Å²) in [7, 11) is 0. The number of hydrogen-bond donors (Lipinski definition) is 1. The second-order valence-electron chi connectivity index (χ2n) is 5.37. The number of hydrogen-bond acceptors (Lipinski definition) is 3. The van der Waals surface area contributed by atoms with Crippen molar-refractivity contribution in [3.05, 3.63) is 59.4 Å². The summed E-state index contributed by atoms with van der Waals surface area (Å²) in [4.78, 5) is 2.20. The molecular formula is C17H19FN2O. The molecule has 0 amide bonds. The van der Waals surface area contributed by atoms with Crippen LogP contribution in [0.15, 0.2) is 42.5 Å². The highest BCUT2D eigenvalue weighted by Gasteiger charge is 2.19. The minimum atomic E-state index is -0.252. The summed E-state index contributed by atoms with van der Waals surface area (Å²) in [5.41, 5.74) is 8.94. The van der Waals surface area contributed by atoms with Crippen LogP contribution in [-0.2, 0) is 6.54 Å². The third-order valence-electron chi connectivity index (χ3n) is 3.77. The minimum absolute atomic E-state index is 0.213. The summed E-state index contributed by atoms with van der Waals surface area (Å²) in [6.45, 7) is 3.97. The zero-order valence-corrected chi connectivity index (χ0v) is 12.1. The molecule has 0 unspecified atom stereocenters. The normalized spacial score (nSPS) is 15.9. The highest BCUT2D eigenvalue weighted by atomic mass is 19.1. The van der Waals surface area contributed by atoms with E-state index in [9.17, 15) is 4.39 Å². The summed E-state index contributed by atoms with van der Waals surface area (Å²) in [5.74, 6) is 0.669. The number of anilines is 1. The number of rotatable bonds is 2. The van der Waals surface area contributed by atoms with E-state index in [-0.39, 0.29) is 11.9 Å². The van der Waals surface area contributed by atoms with Gasteiger partial charge in [0.05, 0.1) is 6.54 Å². The molecule has 2 aromatic rings. The van der Waals surface area contributed by atoms with E-state index in [1.807, 2.05) is 31.2 Å². The van der Waals surface area contributed by atoms with Gasteiger partial charge in [-0.2, -0.15) is 0 Å². The van der Waals surface area contributed by atoms with Crippen molar-refractivity contribution >= 4 is 5.69 Å². The van der Waals surface area contributed by atoms with Crippen molar-refractivity contribution in [1.29, 1.82) is 0 Å². The molecule has 0 saturated carbocycles. The lowest BCUT2D eigenvalue weighted by atomic mass is 10.0. The lowest BCUT2D eigenvalue weighted by Crippen LogP contribution is -2.27. The molecule has 1 heterocycles. The van der Waals surface area contributed by atoms with Crippen molar-refractivity contribution < 1.29 is 9.13 Å². The van der Waals surface area contributed by atoms with Gasteiger partial charge >= 0.3 is 0 Å². The minimum Gasteiger partial charge on any atom is -0.491 e. The van der Waals surface area contributed by atoms with E-state index in [0.717, 1.165) is 35.7 Å². The first-order chi connectivity index (χ1) is 10.1. The fourth-order valence-corrected chi connectivity index (χ4v) is 2.71. The number of nitrogens with zero attached hydrogens (tertiary/aromatic N) is 1. The third kappa shape index (κ3) is 2.85. The van der Waals surface area contributed by atoms with E-state index < -0.39 is 0 Å². The van der Waals surface area contributed by atoms with Crippen LogP contribution in [0.25, 0.3) is 0 Å². The zero-order valence-electron chi connectivity index (χ0n) is 12.1. The quantitative estimate of drug-likeness (QED) is 0.921. The van der Waals surface area contributed by atoms with Gasteiger partial charge in [-0.05, 0) is 36.8 Å². The monoisotopic (exact) mass is 286 g/mol. The Morgan fingerprint density at radius 1 is 1.24 bits per heavy atom. The summed E-state index contributed by atoms with van der Waals surface area (Å²) in [5, 5.41) is 0. The Balaban J connectivity index is 1.98. The molecule has 1 aliphatic rings. The molecule has 0 fully saturated rings. The first-order valence-electron chi connectivity index (χ1n) is 7.16. The van der Waals surface area contributed by atoms with Crippen LogP contribution >= 0.6 is 0 Å². The van der Waals surface area contributed by atoms with Crippen LogP contribution in [0.4, 0.5) is 10.1 Å². The molecule has 2 N–H and O–H groups in total. The molecule has 21 heavy (non-hydrogen) atoms. The predicted molar refractivity (Wildman–Crippen MR) is 82.0 cm³/mol. The summed E-state index contributed by atoms with van der Waals surface area (Å²) in [6, 6.07) is 12.6. The average molecular weight is 286 g/mol. The number of halogens is 1. The maximum atomic E-state index is 13.5.